The van der Waals surface area contributed by atoms with Crippen molar-refractivity contribution in [3.05, 3.63) is 35.9 Å². The molecular weight excluding hydrogens is 492 g/mol. The molecule has 0 unspecified atom stereocenters. The van der Waals surface area contributed by atoms with Crippen LogP contribution < -0.4 is 0 Å². The zero-order chi connectivity index (χ0) is 25.9. The molecule has 0 spiro atoms. The number of carbonyl (C=O) groups is 2. The highest BCUT2D eigenvalue weighted by Crippen LogP contribution is 2.02. The molecule has 0 bridgehead atoms. The van der Waals surface area contributed by atoms with Crippen LogP contribution in [0.3, 0.4) is 0 Å². The van der Waals surface area contributed by atoms with Crippen LogP contribution in [-0.2, 0) is 38.0 Å². The maximum atomic E-state index is 11.8. The molecule has 0 saturated carbocycles. The van der Waals surface area contributed by atoms with Crippen molar-refractivity contribution in [2.75, 3.05) is 91.8 Å². The SMILES string of the molecule is O=C(OCCOCCOCCOCCOCCOCCOCCCCCCCl)C(=O)c1ccccc1. The number of Topliss-reactive ketones (excluding diaryl/α,β-unsaturated/α-hetero) is 1. The number of unbranched alkanes of at least 4 members (excludes halogenated alkanes) is 3. The van der Waals surface area contributed by atoms with Gasteiger partial charge in [-0.25, -0.2) is 4.79 Å². The summed E-state index contributed by atoms with van der Waals surface area (Å²) in [7, 11) is 0. The Hall–Kier alpha value is -1.59. The lowest BCUT2D eigenvalue weighted by molar-refractivity contribution is -0.139. The zero-order valence-corrected chi connectivity index (χ0v) is 21.9. The highest BCUT2D eigenvalue weighted by molar-refractivity contribution is 6.40. The van der Waals surface area contributed by atoms with Gasteiger partial charge in [0.2, 0.25) is 0 Å². The Morgan fingerprint density at radius 1 is 0.528 bits per heavy atom. The highest BCUT2D eigenvalue weighted by Gasteiger charge is 2.16. The summed E-state index contributed by atoms with van der Waals surface area (Å²) in [5, 5.41) is 0. The lowest BCUT2D eigenvalue weighted by atomic mass is 10.1. The fraction of sp³-hybridized carbons (Fsp3) is 0.692. The first-order valence-electron chi connectivity index (χ1n) is 12.5. The number of halogens is 1. The molecule has 10 heteroatoms. The van der Waals surface area contributed by atoms with Gasteiger partial charge < -0.3 is 33.2 Å². The van der Waals surface area contributed by atoms with Gasteiger partial charge in [-0.2, -0.15) is 0 Å². The van der Waals surface area contributed by atoms with E-state index in [0.29, 0.717) is 71.6 Å². The van der Waals surface area contributed by atoms with E-state index in [9.17, 15) is 9.59 Å². The summed E-state index contributed by atoms with van der Waals surface area (Å²) in [4.78, 5) is 23.5. The fourth-order valence-corrected chi connectivity index (χ4v) is 3.01. The first kappa shape index (κ1) is 32.4. The summed E-state index contributed by atoms with van der Waals surface area (Å²) < 4.78 is 37.4. The molecule has 0 radical (unpaired) electrons. The van der Waals surface area contributed by atoms with E-state index in [1.807, 2.05) is 0 Å². The van der Waals surface area contributed by atoms with E-state index < -0.39 is 11.8 Å². The maximum Gasteiger partial charge on any atom is 0.379 e. The first-order valence-corrected chi connectivity index (χ1v) is 13.1. The Kier molecular flexibility index (Phi) is 22.6. The Morgan fingerprint density at radius 3 is 1.42 bits per heavy atom. The largest absolute Gasteiger partial charge is 0.457 e. The van der Waals surface area contributed by atoms with Crippen LogP contribution in [0, 0.1) is 0 Å². The van der Waals surface area contributed by atoms with Gasteiger partial charge >= 0.3 is 5.97 Å². The summed E-state index contributed by atoms with van der Waals surface area (Å²) in [5.74, 6) is -0.821. The average Bonchev–Trinajstić information content (AvgIpc) is 2.91. The van der Waals surface area contributed by atoms with Crippen molar-refractivity contribution >= 4 is 23.4 Å². The number of ketones is 1. The molecule has 0 heterocycles. The van der Waals surface area contributed by atoms with Gasteiger partial charge in [-0.05, 0) is 12.8 Å². The Labute approximate surface area is 219 Å². The molecule has 0 N–H and O–H groups in total. The minimum atomic E-state index is -0.889. The van der Waals surface area contributed by atoms with Gasteiger partial charge in [0.15, 0.2) is 0 Å². The van der Waals surface area contributed by atoms with Crippen LogP contribution in [0.1, 0.15) is 36.0 Å². The molecule has 0 aromatic heterocycles. The molecule has 0 amide bonds. The molecule has 1 aromatic carbocycles. The molecule has 0 aliphatic heterocycles. The normalized spacial score (nSPS) is 11.0. The van der Waals surface area contributed by atoms with E-state index in [1.54, 1.807) is 30.3 Å². The molecule has 1 aromatic rings. The lowest BCUT2D eigenvalue weighted by Gasteiger charge is -2.08. The number of alkyl halides is 1. The van der Waals surface area contributed by atoms with E-state index in [1.165, 1.54) is 0 Å². The molecule has 0 atom stereocenters. The molecule has 1 rings (SSSR count). The minimum absolute atomic E-state index is 0.00905. The summed E-state index contributed by atoms with van der Waals surface area (Å²) in [6.45, 7) is 5.83. The van der Waals surface area contributed by atoms with Crippen LogP contribution in [-0.4, -0.2) is 104 Å². The molecule has 206 valence electrons. The second kappa shape index (κ2) is 25.1. The second-order valence-electron chi connectivity index (χ2n) is 7.61. The quantitative estimate of drug-likeness (QED) is 0.0585. The van der Waals surface area contributed by atoms with Crippen LogP contribution in [0.25, 0.3) is 0 Å². The van der Waals surface area contributed by atoms with Crippen molar-refractivity contribution in [2.45, 2.75) is 25.7 Å². The van der Waals surface area contributed by atoms with Crippen molar-refractivity contribution in [3.8, 4) is 0 Å². The van der Waals surface area contributed by atoms with Gasteiger partial charge in [0, 0.05) is 18.1 Å². The molecule has 0 fully saturated rings. The summed E-state index contributed by atoms with van der Waals surface area (Å²) in [6.07, 6.45) is 4.46. The van der Waals surface area contributed by atoms with Gasteiger partial charge in [0.25, 0.3) is 5.78 Å². The van der Waals surface area contributed by atoms with Crippen molar-refractivity contribution in [2.24, 2.45) is 0 Å². The number of hydrogen-bond acceptors (Lipinski definition) is 9. The van der Waals surface area contributed by atoms with Crippen LogP contribution in [0.5, 0.6) is 0 Å². The number of hydrogen-bond donors (Lipinski definition) is 0. The van der Waals surface area contributed by atoms with Crippen LogP contribution in [0.4, 0.5) is 0 Å². The van der Waals surface area contributed by atoms with Gasteiger partial charge in [-0.3, -0.25) is 4.79 Å². The summed E-state index contributed by atoms with van der Waals surface area (Å²) in [6, 6.07) is 8.28. The lowest BCUT2D eigenvalue weighted by Crippen LogP contribution is -2.20. The Balaban J connectivity index is 1.72. The fourth-order valence-electron chi connectivity index (χ4n) is 2.82. The second-order valence-corrected chi connectivity index (χ2v) is 7.99. The molecular formula is C26H41ClO9. The number of rotatable bonds is 26. The van der Waals surface area contributed by atoms with Crippen LogP contribution in [0.2, 0.25) is 0 Å². The maximum absolute atomic E-state index is 11.8. The average molecular weight is 533 g/mol. The smallest absolute Gasteiger partial charge is 0.379 e. The van der Waals surface area contributed by atoms with Gasteiger partial charge in [0.05, 0.1) is 72.7 Å². The zero-order valence-electron chi connectivity index (χ0n) is 21.2. The molecule has 0 saturated heterocycles. The standard InChI is InChI=1S/C26H41ClO9/c27-10-6-1-2-7-11-30-12-13-31-14-15-32-16-17-33-18-19-34-20-21-35-22-23-36-26(29)25(28)24-8-4-3-5-9-24/h3-5,8-9H,1-2,6-7,10-23H2. The van der Waals surface area contributed by atoms with E-state index in [4.69, 9.17) is 44.8 Å². The predicted molar refractivity (Wildman–Crippen MR) is 136 cm³/mol. The van der Waals surface area contributed by atoms with E-state index >= 15 is 0 Å². The van der Waals surface area contributed by atoms with E-state index in [-0.39, 0.29) is 13.2 Å². The first-order chi connectivity index (χ1) is 17.8. The predicted octanol–water partition coefficient (Wildman–Crippen LogP) is 3.31. The van der Waals surface area contributed by atoms with Gasteiger partial charge in [-0.1, -0.05) is 43.2 Å². The van der Waals surface area contributed by atoms with Crippen LogP contribution in [0.15, 0.2) is 30.3 Å². The Bertz CT molecular complexity index is 646. The molecule has 36 heavy (non-hydrogen) atoms. The molecule has 0 aliphatic carbocycles. The highest BCUT2D eigenvalue weighted by atomic mass is 35.5. The number of carbonyl (C=O) groups excluding carboxylic acids is 2. The summed E-state index contributed by atoms with van der Waals surface area (Å²) in [5.41, 5.74) is 0.303. The van der Waals surface area contributed by atoms with Crippen molar-refractivity contribution < 1.29 is 42.7 Å². The van der Waals surface area contributed by atoms with E-state index in [2.05, 4.69) is 0 Å². The molecule has 0 aliphatic rings. The third kappa shape index (κ3) is 19.6. The monoisotopic (exact) mass is 532 g/mol. The van der Waals surface area contributed by atoms with Crippen molar-refractivity contribution in [1.82, 2.24) is 0 Å². The van der Waals surface area contributed by atoms with Crippen LogP contribution >= 0.6 is 11.6 Å². The third-order valence-electron chi connectivity index (χ3n) is 4.71. The van der Waals surface area contributed by atoms with Gasteiger partial charge in [-0.15, -0.1) is 11.6 Å². The Morgan fingerprint density at radius 2 is 0.944 bits per heavy atom. The van der Waals surface area contributed by atoms with E-state index in [0.717, 1.165) is 38.2 Å². The topological polar surface area (TPSA) is 98.8 Å². The number of ether oxygens (including phenoxy) is 7. The van der Waals surface area contributed by atoms with Gasteiger partial charge in [0.1, 0.15) is 6.61 Å². The number of esters is 1. The molecule has 9 nitrogen and oxygen atoms in total. The van der Waals surface area contributed by atoms with Crippen molar-refractivity contribution in [3.63, 3.8) is 0 Å². The summed E-state index contributed by atoms with van der Waals surface area (Å²) >= 11 is 5.63. The minimum Gasteiger partial charge on any atom is -0.457 e. The van der Waals surface area contributed by atoms with Crippen molar-refractivity contribution in [1.29, 1.82) is 0 Å². The number of benzene rings is 1. The third-order valence-corrected chi connectivity index (χ3v) is 4.98.